The molecule has 0 heterocycles. The van der Waals surface area contributed by atoms with Crippen LogP contribution < -0.4 is 0 Å². The Bertz CT molecular complexity index is 222. The smallest absolute Gasteiger partial charge is 0.298 e. The van der Waals surface area contributed by atoms with Crippen LogP contribution in [0.15, 0.2) is 0 Å². The van der Waals surface area contributed by atoms with Crippen LogP contribution in [0, 0.1) is 0 Å². The summed E-state index contributed by atoms with van der Waals surface area (Å²) in [7, 11) is 0. The molecule has 15 heavy (non-hydrogen) atoms. The van der Waals surface area contributed by atoms with Crippen molar-refractivity contribution in [1.29, 1.82) is 0 Å². The summed E-state index contributed by atoms with van der Waals surface area (Å²) in [6.45, 7) is 6.07. The maximum absolute atomic E-state index is 12.3. The Labute approximate surface area is 99.0 Å². The Morgan fingerprint density at radius 1 is 1.27 bits per heavy atom. The van der Waals surface area contributed by atoms with Crippen LogP contribution in [-0.2, 0) is 13.6 Å². The highest BCUT2D eigenvalue weighted by Gasteiger charge is 2.28. The molecule has 1 atom stereocenters. The molecule has 0 spiro atoms. The van der Waals surface area contributed by atoms with Crippen LogP contribution in [0.25, 0.3) is 0 Å². The average Bonchev–Trinajstić information content (AvgIpc) is 1.98. The third kappa shape index (κ3) is 8.32. The number of rotatable bonds is 8. The Hall–Kier alpha value is 0.500. The maximum atomic E-state index is 12.3. The Kier molecular flexibility index (Phi) is 6.98. The summed E-state index contributed by atoms with van der Waals surface area (Å²) in [6, 6.07) is 0. The number of hydrogen-bond acceptors (Lipinski definition) is 4. The highest BCUT2D eigenvalue weighted by Crippen LogP contribution is 2.62. The first-order valence-corrected chi connectivity index (χ1v) is 8.39. The van der Waals surface area contributed by atoms with E-state index in [0.29, 0.717) is 6.42 Å². The Balaban J connectivity index is 4.46. The van der Waals surface area contributed by atoms with Crippen LogP contribution in [-0.4, -0.2) is 17.9 Å². The predicted octanol–water partition coefficient (Wildman–Crippen LogP) is 4.48. The molecule has 0 aromatic heterocycles. The largest absolute Gasteiger partial charge is 0.389 e. The fourth-order valence-electron chi connectivity index (χ4n) is 0.853. The van der Waals surface area contributed by atoms with Gasteiger partial charge in [-0.3, -0.25) is 9.05 Å². The summed E-state index contributed by atoms with van der Waals surface area (Å²) in [4.78, 5) is 0. The van der Waals surface area contributed by atoms with Gasteiger partial charge in [0.15, 0.2) is 0 Å². The zero-order chi connectivity index (χ0) is 12.8. The molecule has 0 aromatic rings. The molecular weight excluding hydrogens is 231 g/mol. The van der Waals surface area contributed by atoms with Gasteiger partial charge in [-0.2, -0.15) is 0 Å². The van der Waals surface area contributed by atoms with E-state index >= 15 is 0 Å². The lowest BCUT2D eigenvalue weighted by atomic mass is 10.4. The zero-order valence-electron chi connectivity index (χ0n) is 11.2. The van der Waals surface area contributed by atoms with Gasteiger partial charge in [0.1, 0.15) is 0 Å². The molecule has 92 valence electrons. The van der Waals surface area contributed by atoms with Crippen molar-refractivity contribution in [2.24, 2.45) is 0 Å². The second kappa shape index (κ2) is 7.72. The van der Waals surface area contributed by atoms with Crippen LogP contribution in [0.4, 0.5) is 0 Å². The molecule has 0 aliphatic heterocycles. The van der Waals surface area contributed by atoms with Crippen molar-refractivity contribution in [3.63, 3.8) is 0 Å². The minimum atomic E-state index is -3.19. The highest BCUT2D eigenvalue weighted by atomic mass is 32.7. The molecule has 0 unspecified atom stereocenters. The van der Waals surface area contributed by atoms with Gasteiger partial charge in [-0.1, -0.05) is 13.3 Å². The van der Waals surface area contributed by atoms with Gasteiger partial charge in [0.05, 0.1) is 12.2 Å². The van der Waals surface area contributed by atoms with E-state index in [0.717, 1.165) is 17.8 Å². The van der Waals surface area contributed by atoms with Crippen LogP contribution in [0.1, 0.15) is 48.8 Å². The lowest BCUT2D eigenvalue weighted by Crippen LogP contribution is -2.06. The molecule has 0 amide bonds. The van der Waals surface area contributed by atoms with E-state index < -0.39 is 12.5 Å². The van der Waals surface area contributed by atoms with E-state index in [9.17, 15) is 4.57 Å². The van der Waals surface area contributed by atoms with Crippen molar-refractivity contribution in [2.75, 3.05) is 5.73 Å². The number of hydrogen-bond donors (Lipinski definition) is 0. The molecule has 0 aromatic carbocycles. The SMILES string of the molecule is [2H][C@H](CCC)SP(=O)(OC(C)C)OC(C)C. The van der Waals surface area contributed by atoms with Crippen molar-refractivity contribution >= 4 is 18.2 Å². The summed E-state index contributed by atoms with van der Waals surface area (Å²) in [6.07, 6.45) is 1.26. The standard InChI is InChI=1S/C10H23O3PS/c1-6-7-8-15-14(11,12-9(2)3)13-10(4)5/h9-10H,6-8H2,1-5H3/i8D/t8-/m1/s1. The van der Waals surface area contributed by atoms with Gasteiger partial charge in [0.25, 0.3) is 0 Å². The molecule has 0 radical (unpaired) electrons. The lowest BCUT2D eigenvalue weighted by Gasteiger charge is -2.21. The summed E-state index contributed by atoms with van der Waals surface area (Å²) >= 11 is 1.01. The van der Waals surface area contributed by atoms with Gasteiger partial charge < -0.3 is 0 Å². The van der Waals surface area contributed by atoms with Crippen LogP contribution in [0.3, 0.4) is 0 Å². The van der Waals surface area contributed by atoms with Crippen molar-refractivity contribution in [1.82, 2.24) is 0 Å². The highest BCUT2D eigenvalue weighted by molar-refractivity contribution is 8.55. The maximum Gasteiger partial charge on any atom is 0.389 e. The molecule has 3 nitrogen and oxygen atoms in total. The molecule has 0 fully saturated rings. The first kappa shape index (κ1) is 13.6. The minimum absolute atomic E-state index is 0.161. The van der Waals surface area contributed by atoms with E-state index in [1.54, 1.807) is 0 Å². The average molecular weight is 255 g/mol. The van der Waals surface area contributed by atoms with Crippen molar-refractivity contribution in [3.8, 4) is 0 Å². The Morgan fingerprint density at radius 2 is 1.73 bits per heavy atom. The van der Waals surface area contributed by atoms with Crippen molar-refractivity contribution in [3.05, 3.63) is 0 Å². The molecule has 0 bridgehead atoms. The van der Waals surface area contributed by atoms with E-state index in [4.69, 9.17) is 10.4 Å². The van der Waals surface area contributed by atoms with Crippen LogP contribution in [0.5, 0.6) is 0 Å². The summed E-state index contributed by atoms with van der Waals surface area (Å²) in [5.41, 5.74) is -0.451. The molecular formula is C10H23O3PS. The van der Waals surface area contributed by atoms with E-state index in [-0.39, 0.29) is 12.2 Å². The lowest BCUT2D eigenvalue weighted by molar-refractivity contribution is 0.156. The van der Waals surface area contributed by atoms with Crippen LogP contribution >= 0.6 is 18.2 Å². The molecule has 0 N–H and O–H groups in total. The van der Waals surface area contributed by atoms with E-state index in [1.807, 2.05) is 34.6 Å². The molecule has 0 saturated carbocycles. The van der Waals surface area contributed by atoms with Crippen molar-refractivity contribution in [2.45, 2.75) is 59.7 Å². The fourth-order valence-corrected chi connectivity index (χ4v) is 4.75. The van der Waals surface area contributed by atoms with Gasteiger partial charge in [0, 0.05) is 7.10 Å². The van der Waals surface area contributed by atoms with E-state index in [1.165, 1.54) is 0 Å². The van der Waals surface area contributed by atoms with Gasteiger partial charge in [-0.05, 0) is 45.5 Å². The predicted molar refractivity (Wildman–Crippen MR) is 67.4 cm³/mol. The van der Waals surface area contributed by atoms with Gasteiger partial charge in [-0.25, -0.2) is 4.57 Å². The van der Waals surface area contributed by atoms with E-state index in [2.05, 4.69) is 0 Å². The second-order valence-corrected chi connectivity index (χ2v) is 7.65. The first-order chi connectivity index (χ1) is 7.29. The minimum Gasteiger partial charge on any atom is -0.298 e. The molecule has 0 rings (SSSR count). The van der Waals surface area contributed by atoms with Gasteiger partial charge in [-0.15, -0.1) is 0 Å². The monoisotopic (exact) mass is 255 g/mol. The molecule has 5 heteroatoms. The molecule has 0 aliphatic carbocycles. The fraction of sp³-hybridized carbons (Fsp3) is 1.00. The third-order valence-electron chi connectivity index (χ3n) is 1.29. The normalized spacial score (nSPS) is 15.8. The van der Waals surface area contributed by atoms with Gasteiger partial charge in [0.2, 0.25) is 0 Å². The van der Waals surface area contributed by atoms with Gasteiger partial charge >= 0.3 is 6.80 Å². The second-order valence-electron chi connectivity index (χ2n) is 3.82. The summed E-state index contributed by atoms with van der Waals surface area (Å²) in [5, 5.41) is 0. The third-order valence-corrected chi connectivity index (χ3v) is 5.03. The molecule has 0 aliphatic rings. The van der Waals surface area contributed by atoms with Crippen molar-refractivity contribution < 1.29 is 15.0 Å². The quantitative estimate of drug-likeness (QED) is 0.599. The van der Waals surface area contributed by atoms with Crippen LogP contribution in [0.2, 0.25) is 0 Å². The first-order valence-electron chi connectivity index (χ1n) is 5.94. The summed E-state index contributed by atoms with van der Waals surface area (Å²) < 4.78 is 30.7. The zero-order valence-corrected chi connectivity index (χ0v) is 11.9. The summed E-state index contributed by atoms with van der Waals surface area (Å²) in [5.74, 6) is 0. The Morgan fingerprint density at radius 3 is 2.07 bits per heavy atom. The topological polar surface area (TPSA) is 35.5 Å². The molecule has 0 saturated heterocycles.